The molecule has 0 saturated heterocycles. The third-order valence-corrected chi connectivity index (χ3v) is 6.67. The van der Waals surface area contributed by atoms with Crippen LogP contribution in [0.5, 0.6) is 11.6 Å². The van der Waals surface area contributed by atoms with Crippen LogP contribution < -0.4 is 15.4 Å². The fraction of sp³-hybridized carbons (Fsp3) is 0.227. The fourth-order valence-electron chi connectivity index (χ4n) is 2.96. The number of aromatic nitrogens is 1. The first-order valence-corrected chi connectivity index (χ1v) is 12.7. The summed E-state index contributed by atoms with van der Waals surface area (Å²) in [6.45, 7) is 0. The molecule has 0 fully saturated rings. The van der Waals surface area contributed by atoms with Crippen LogP contribution in [-0.4, -0.2) is 48.0 Å². The number of amides is 2. The third kappa shape index (κ3) is 5.54. The molecule has 1 atom stereocenters. The standard InChI is InChI=1S/C22H24ClN3O5S/c1-30-15-8-5-13(6-9-15)20(25-21(28)17-12-19(27)26-31-17)22(29)24-14-7-10-18(16(23)11-14)32(2,3)4/h5-12,20H,1-4H3,(H,24,29)(H,25,28)(H,26,27). The maximum absolute atomic E-state index is 13.1. The van der Waals surface area contributed by atoms with E-state index < -0.39 is 33.8 Å². The van der Waals surface area contributed by atoms with Crippen LogP contribution in [0.4, 0.5) is 5.69 Å². The van der Waals surface area contributed by atoms with E-state index in [2.05, 4.69) is 34.6 Å². The van der Waals surface area contributed by atoms with Gasteiger partial charge in [0.05, 0.1) is 18.2 Å². The maximum atomic E-state index is 13.1. The number of rotatable bonds is 7. The first-order chi connectivity index (χ1) is 15.1. The molecule has 0 bridgehead atoms. The molecule has 3 aromatic rings. The van der Waals surface area contributed by atoms with Gasteiger partial charge in [0.1, 0.15) is 11.8 Å². The predicted molar refractivity (Wildman–Crippen MR) is 125 cm³/mol. The highest BCUT2D eigenvalue weighted by Gasteiger charge is 2.26. The van der Waals surface area contributed by atoms with Crippen molar-refractivity contribution in [3.05, 3.63) is 64.9 Å². The summed E-state index contributed by atoms with van der Waals surface area (Å²) in [5.74, 6) is -1.25. The Kier molecular flexibility index (Phi) is 7.00. The smallest absolute Gasteiger partial charge is 0.290 e. The molecule has 0 saturated carbocycles. The molecular formula is C22H24ClN3O5S. The summed E-state index contributed by atoms with van der Waals surface area (Å²) in [4.78, 5) is 26.7. The van der Waals surface area contributed by atoms with Gasteiger partial charge in [-0.2, -0.15) is 0 Å². The lowest BCUT2D eigenvalue weighted by Crippen LogP contribution is -2.36. The van der Waals surface area contributed by atoms with Crippen LogP contribution in [0, 0.1) is 0 Å². The van der Waals surface area contributed by atoms with Gasteiger partial charge in [-0.1, -0.05) is 23.7 Å². The number of hydrogen-bond donors (Lipinski definition) is 3. The second-order valence-corrected chi connectivity index (χ2v) is 12.2. The minimum absolute atomic E-state index is 0.227. The Hall–Kier alpha value is -3.17. The van der Waals surface area contributed by atoms with Gasteiger partial charge in [0.25, 0.3) is 17.7 Å². The van der Waals surface area contributed by atoms with Crippen molar-refractivity contribution in [3.63, 3.8) is 0 Å². The number of nitrogens with zero attached hydrogens (tertiary/aromatic N) is 1. The van der Waals surface area contributed by atoms with E-state index in [4.69, 9.17) is 20.9 Å². The van der Waals surface area contributed by atoms with Crippen LogP contribution in [0.15, 0.2) is 57.9 Å². The molecule has 0 aliphatic carbocycles. The Labute approximate surface area is 192 Å². The van der Waals surface area contributed by atoms with E-state index in [0.717, 1.165) is 11.0 Å². The van der Waals surface area contributed by atoms with Gasteiger partial charge < -0.3 is 25.0 Å². The summed E-state index contributed by atoms with van der Waals surface area (Å²) < 4.78 is 9.94. The van der Waals surface area contributed by atoms with Crippen molar-refractivity contribution in [3.8, 4) is 11.6 Å². The lowest BCUT2D eigenvalue weighted by Gasteiger charge is -2.27. The average molecular weight is 478 g/mol. The van der Waals surface area contributed by atoms with Crippen molar-refractivity contribution in [1.82, 2.24) is 10.5 Å². The number of carbonyl (C=O) groups is 2. The van der Waals surface area contributed by atoms with E-state index in [9.17, 15) is 14.7 Å². The molecular weight excluding hydrogens is 454 g/mol. The molecule has 1 aromatic heterocycles. The van der Waals surface area contributed by atoms with E-state index in [1.165, 1.54) is 7.11 Å². The lowest BCUT2D eigenvalue weighted by molar-refractivity contribution is -0.118. The number of methoxy groups -OCH3 is 1. The molecule has 8 nitrogen and oxygen atoms in total. The number of nitrogens with one attached hydrogen (secondary N) is 2. The quantitative estimate of drug-likeness (QED) is 0.470. The van der Waals surface area contributed by atoms with Crippen LogP contribution in [0.25, 0.3) is 0 Å². The molecule has 2 aromatic carbocycles. The van der Waals surface area contributed by atoms with E-state index >= 15 is 0 Å². The second-order valence-electron chi connectivity index (χ2n) is 7.70. The number of anilines is 1. The zero-order valence-corrected chi connectivity index (χ0v) is 19.6. The van der Waals surface area contributed by atoms with Gasteiger partial charge in [-0.05, 0) is 59.8 Å². The van der Waals surface area contributed by atoms with Crippen molar-refractivity contribution in [1.29, 1.82) is 0 Å². The molecule has 3 rings (SSSR count). The van der Waals surface area contributed by atoms with Gasteiger partial charge >= 0.3 is 0 Å². The molecule has 10 heteroatoms. The Balaban J connectivity index is 1.87. The minimum Gasteiger partial charge on any atom is -0.497 e. The van der Waals surface area contributed by atoms with E-state index in [1.807, 2.05) is 6.07 Å². The van der Waals surface area contributed by atoms with Gasteiger partial charge in [-0.25, -0.2) is 10.0 Å². The second kappa shape index (κ2) is 9.54. The molecule has 0 aliphatic rings. The van der Waals surface area contributed by atoms with Gasteiger partial charge in [-0.3, -0.25) is 9.59 Å². The molecule has 1 heterocycles. The van der Waals surface area contributed by atoms with Gasteiger partial charge in [0.15, 0.2) is 0 Å². The van der Waals surface area contributed by atoms with Gasteiger partial charge in [0, 0.05) is 10.6 Å². The van der Waals surface area contributed by atoms with E-state index in [-0.39, 0.29) is 5.76 Å². The average Bonchev–Trinajstić information content (AvgIpc) is 3.17. The van der Waals surface area contributed by atoms with Crippen LogP contribution in [0.3, 0.4) is 0 Å². The first-order valence-electron chi connectivity index (χ1n) is 9.48. The van der Waals surface area contributed by atoms with Crippen molar-refractivity contribution in [2.75, 3.05) is 31.2 Å². The van der Waals surface area contributed by atoms with Crippen molar-refractivity contribution < 1.29 is 24.0 Å². The normalized spacial score (nSPS) is 12.7. The topological polar surface area (TPSA) is 114 Å². The zero-order chi connectivity index (χ0) is 23.5. The highest BCUT2D eigenvalue weighted by Crippen LogP contribution is 2.49. The Morgan fingerprint density at radius 3 is 2.34 bits per heavy atom. The zero-order valence-electron chi connectivity index (χ0n) is 18.0. The Morgan fingerprint density at radius 2 is 1.81 bits per heavy atom. The number of halogens is 1. The summed E-state index contributed by atoms with van der Waals surface area (Å²) in [6.07, 6.45) is 6.38. The SMILES string of the molecule is COc1ccc(C(NC(=O)c2cc(O)no2)C(=O)Nc2ccc(S(C)(C)C)c(Cl)c2)cc1. The number of carbonyl (C=O) groups excluding carboxylic acids is 2. The number of benzene rings is 2. The molecule has 0 aliphatic heterocycles. The van der Waals surface area contributed by atoms with E-state index in [0.29, 0.717) is 22.0 Å². The van der Waals surface area contributed by atoms with Crippen LogP contribution >= 0.6 is 21.6 Å². The lowest BCUT2D eigenvalue weighted by atomic mass is 10.1. The van der Waals surface area contributed by atoms with Gasteiger partial charge in [0.2, 0.25) is 5.76 Å². The molecule has 170 valence electrons. The minimum atomic E-state index is -1.06. The van der Waals surface area contributed by atoms with E-state index in [1.54, 1.807) is 36.4 Å². The molecule has 1 unspecified atom stereocenters. The first kappa shape index (κ1) is 23.5. The number of hydrogen-bond acceptors (Lipinski definition) is 6. The molecule has 0 spiro atoms. The summed E-state index contributed by atoms with van der Waals surface area (Å²) >= 11 is 6.44. The fourth-order valence-corrected chi connectivity index (χ4v) is 4.96. The van der Waals surface area contributed by atoms with Crippen molar-refractivity contribution >= 4 is 39.1 Å². The van der Waals surface area contributed by atoms with Crippen LogP contribution in [-0.2, 0) is 4.79 Å². The maximum Gasteiger partial charge on any atom is 0.290 e. The van der Waals surface area contributed by atoms with Gasteiger partial charge in [-0.15, -0.1) is 0 Å². The summed E-state index contributed by atoms with van der Waals surface area (Å²) in [5.41, 5.74) is 1.01. The molecule has 2 amide bonds. The third-order valence-electron chi connectivity index (χ3n) is 4.57. The summed E-state index contributed by atoms with van der Waals surface area (Å²) in [5, 5.41) is 18.6. The summed E-state index contributed by atoms with van der Waals surface area (Å²) in [6, 6.07) is 12.1. The Bertz CT molecular complexity index is 1130. The highest BCUT2D eigenvalue weighted by molar-refractivity contribution is 8.32. The number of ether oxygens (including phenoxy) is 1. The Morgan fingerprint density at radius 1 is 1.12 bits per heavy atom. The van der Waals surface area contributed by atoms with Crippen LogP contribution in [0.1, 0.15) is 22.2 Å². The van der Waals surface area contributed by atoms with Crippen molar-refractivity contribution in [2.24, 2.45) is 0 Å². The molecule has 3 N–H and O–H groups in total. The van der Waals surface area contributed by atoms with Crippen molar-refractivity contribution in [2.45, 2.75) is 10.9 Å². The predicted octanol–water partition coefficient (Wildman–Crippen LogP) is 4.20. The molecule has 32 heavy (non-hydrogen) atoms. The highest BCUT2D eigenvalue weighted by atomic mass is 35.5. The molecule has 0 radical (unpaired) electrons. The monoisotopic (exact) mass is 477 g/mol. The number of aromatic hydroxyl groups is 1. The summed E-state index contributed by atoms with van der Waals surface area (Å²) in [7, 11) is 0.492. The largest absolute Gasteiger partial charge is 0.497 e. The van der Waals surface area contributed by atoms with Crippen LogP contribution in [0.2, 0.25) is 5.02 Å².